The van der Waals surface area contributed by atoms with Crippen LogP contribution < -0.4 is 22.3 Å². The van der Waals surface area contributed by atoms with Gasteiger partial charge in [0.05, 0.1) is 6.04 Å². The van der Waals surface area contributed by atoms with E-state index in [2.05, 4.69) is 5.32 Å². The lowest BCUT2D eigenvalue weighted by Crippen LogP contribution is -2.44. The third-order valence-corrected chi connectivity index (χ3v) is 6.02. The number of rotatable bonds is 7. The fourth-order valence-electron chi connectivity index (χ4n) is 4.11. The van der Waals surface area contributed by atoms with Crippen LogP contribution in [0.1, 0.15) is 42.2 Å². The first kappa shape index (κ1) is 23.8. The Balaban J connectivity index is 1.72. The average molecular weight is 469 g/mol. The van der Waals surface area contributed by atoms with Gasteiger partial charge in [-0.2, -0.15) is 0 Å². The van der Waals surface area contributed by atoms with Crippen molar-refractivity contribution in [2.75, 3.05) is 11.1 Å². The van der Waals surface area contributed by atoms with Crippen molar-refractivity contribution in [2.45, 2.75) is 32.9 Å². The Kier molecular flexibility index (Phi) is 6.96. The van der Waals surface area contributed by atoms with Crippen molar-refractivity contribution in [3.8, 4) is 11.1 Å². The van der Waals surface area contributed by atoms with E-state index in [1.807, 2.05) is 86.6 Å². The molecule has 4 aromatic rings. The third-order valence-electron chi connectivity index (χ3n) is 6.02. The van der Waals surface area contributed by atoms with Gasteiger partial charge in [0.2, 0.25) is 0 Å². The molecular formula is C28H28N4O3. The van der Waals surface area contributed by atoms with Crippen LogP contribution in [-0.4, -0.2) is 15.0 Å². The lowest BCUT2D eigenvalue weighted by atomic mass is 10.0. The van der Waals surface area contributed by atoms with Crippen LogP contribution in [-0.2, 0) is 6.54 Å². The molecule has 0 aliphatic rings. The molecule has 7 heteroatoms. The van der Waals surface area contributed by atoms with Gasteiger partial charge in [-0.1, -0.05) is 79.7 Å². The Morgan fingerprint density at radius 3 is 2.06 bits per heavy atom. The molecule has 3 N–H and O–H groups in total. The summed E-state index contributed by atoms with van der Waals surface area (Å²) in [4.78, 5) is 39.5. The van der Waals surface area contributed by atoms with Gasteiger partial charge in [-0.25, -0.2) is 4.79 Å². The van der Waals surface area contributed by atoms with Gasteiger partial charge in [0, 0.05) is 12.1 Å². The molecule has 4 rings (SSSR count). The van der Waals surface area contributed by atoms with Crippen LogP contribution in [0.3, 0.4) is 0 Å². The van der Waals surface area contributed by atoms with Gasteiger partial charge < -0.3 is 11.1 Å². The Bertz CT molecular complexity index is 1440. The molecule has 0 saturated carbocycles. The normalized spacial score (nSPS) is 11.7. The molecule has 178 valence electrons. The largest absolute Gasteiger partial charge is 0.383 e. The van der Waals surface area contributed by atoms with E-state index in [1.165, 1.54) is 4.57 Å². The number of anilines is 2. The van der Waals surface area contributed by atoms with E-state index >= 15 is 0 Å². The lowest BCUT2D eigenvalue weighted by molar-refractivity contribution is 0.102. The molecule has 0 bridgehead atoms. The van der Waals surface area contributed by atoms with E-state index in [1.54, 1.807) is 12.1 Å². The zero-order valence-corrected chi connectivity index (χ0v) is 19.8. The Morgan fingerprint density at radius 1 is 0.886 bits per heavy atom. The maximum atomic E-state index is 13.2. The van der Waals surface area contributed by atoms with E-state index in [0.717, 1.165) is 21.3 Å². The number of nitrogens with zero attached hydrogens (tertiary/aromatic N) is 2. The van der Waals surface area contributed by atoms with Gasteiger partial charge in [0.15, 0.2) is 0 Å². The Labute approximate surface area is 203 Å². The van der Waals surface area contributed by atoms with Crippen molar-refractivity contribution in [1.29, 1.82) is 0 Å². The minimum Gasteiger partial charge on any atom is -0.383 e. The molecule has 1 atom stereocenters. The summed E-state index contributed by atoms with van der Waals surface area (Å²) in [5.74, 6) is -0.549. The molecule has 1 heterocycles. The van der Waals surface area contributed by atoms with Crippen molar-refractivity contribution in [1.82, 2.24) is 9.13 Å². The van der Waals surface area contributed by atoms with Gasteiger partial charge in [0.25, 0.3) is 11.5 Å². The predicted molar refractivity (Wildman–Crippen MR) is 140 cm³/mol. The number of nitrogen functional groups attached to an aromatic ring is 1. The number of hydrogen-bond donors (Lipinski definition) is 2. The number of carbonyl (C=O) groups excluding carboxylic acids is 1. The summed E-state index contributed by atoms with van der Waals surface area (Å²) in [6, 6.07) is 25.9. The van der Waals surface area contributed by atoms with Crippen LogP contribution >= 0.6 is 0 Å². The number of carbonyl (C=O) groups is 1. The number of amides is 1. The second kappa shape index (κ2) is 10.3. The Morgan fingerprint density at radius 2 is 1.46 bits per heavy atom. The third kappa shape index (κ3) is 4.80. The molecule has 1 amide bonds. The molecule has 0 unspecified atom stereocenters. The number of aromatic nitrogens is 2. The highest BCUT2D eigenvalue weighted by atomic mass is 16.2. The van der Waals surface area contributed by atoms with E-state index in [0.29, 0.717) is 12.0 Å². The number of hydrogen-bond acceptors (Lipinski definition) is 4. The minimum absolute atomic E-state index is 0.0713. The molecule has 0 spiro atoms. The highest BCUT2D eigenvalue weighted by Gasteiger charge is 2.23. The molecule has 1 aromatic heterocycles. The highest BCUT2D eigenvalue weighted by Crippen LogP contribution is 2.23. The SMILES string of the molecule is CCCn1c(=O)c(NC(=O)c2ccc(-c3ccccc3)cc2)c(N)n([C@H](C)c2ccccc2)c1=O. The van der Waals surface area contributed by atoms with Crippen molar-refractivity contribution in [3.63, 3.8) is 0 Å². The zero-order valence-electron chi connectivity index (χ0n) is 19.8. The van der Waals surface area contributed by atoms with Crippen LogP contribution in [0.25, 0.3) is 11.1 Å². The van der Waals surface area contributed by atoms with Gasteiger partial charge in [-0.05, 0) is 42.2 Å². The van der Waals surface area contributed by atoms with E-state index in [-0.39, 0.29) is 18.1 Å². The number of nitrogens with two attached hydrogens (primary N) is 1. The van der Waals surface area contributed by atoms with Crippen LogP contribution in [0, 0.1) is 0 Å². The number of nitrogens with one attached hydrogen (secondary N) is 1. The second-order valence-corrected chi connectivity index (χ2v) is 8.35. The standard InChI is InChI=1S/C28H28N4O3/c1-3-18-31-27(34)24(25(29)32(28(31)35)19(2)20-10-6-4-7-11-20)30-26(33)23-16-14-22(15-17-23)21-12-8-5-9-13-21/h4-17,19H,3,18,29H2,1-2H3,(H,30,33)/t19-/m1/s1. The summed E-state index contributed by atoms with van der Waals surface area (Å²) in [7, 11) is 0. The van der Waals surface area contributed by atoms with Crippen molar-refractivity contribution in [3.05, 3.63) is 117 Å². The first-order valence-corrected chi connectivity index (χ1v) is 11.6. The van der Waals surface area contributed by atoms with E-state index < -0.39 is 23.2 Å². The van der Waals surface area contributed by atoms with Crippen molar-refractivity contribution < 1.29 is 4.79 Å². The molecule has 7 nitrogen and oxygen atoms in total. The topological polar surface area (TPSA) is 99.1 Å². The van der Waals surface area contributed by atoms with Gasteiger partial charge in [-0.15, -0.1) is 0 Å². The second-order valence-electron chi connectivity index (χ2n) is 8.35. The maximum Gasteiger partial charge on any atom is 0.333 e. The first-order chi connectivity index (χ1) is 16.9. The molecule has 0 radical (unpaired) electrons. The molecule has 0 aliphatic heterocycles. The van der Waals surface area contributed by atoms with E-state index in [4.69, 9.17) is 5.73 Å². The van der Waals surface area contributed by atoms with E-state index in [9.17, 15) is 14.4 Å². The first-order valence-electron chi connectivity index (χ1n) is 11.6. The monoisotopic (exact) mass is 468 g/mol. The molecule has 0 fully saturated rings. The maximum absolute atomic E-state index is 13.2. The molecular weight excluding hydrogens is 440 g/mol. The summed E-state index contributed by atoms with van der Waals surface area (Å²) >= 11 is 0. The smallest absolute Gasteiger partial charge is 0.333 e. The van der Waals surface area contributed by atoms with Crippen LogP contribution in [0.4, 0.5) is 11.5 Å². The van der Waals surface area contributed by atoms with Gasteiger partial charge in [-0.3, -0.25) is 18.7 Å². The molecule has 3 aromatic carbocycles. The summed E-state index contributed by atoms with van der Waals surface area (Å²) in [6.45, 7) is 3.93. The fourth-order valence-corrected chi connectivity index (χ4v) is 4.11. The Hall–Kier alpha value is -4.39. The van der Waals surface area contributed by atoms with Crippen LogP contribution in [0.5, 0.6) is 0 Å². The average Bonchev–Trinajstić information content (AvgIpc) is 2.90. The van der Waals surface area contributed by atoms with Crippen molar-refractivity contribution >= 4 is 17.4 Å². The zero-order chi connectivity index (χ0) is 24.9. The number of benzene rings is 3. The van der Waals surface area contributed by atoms with Crippen LogP contribution in [0.15, 0.2) is 94.5 Å². The van der Waals surface area contributed by atoms with Crippen LogP contribution in [0.2, 0.25) is 0 Å². The molecule has 0 aliphatic carbocycles. The summed E-state index contributed by atoms with van der Waals surface area (Å²) < 4.78 is 2.49. The fraction of sp³-hybridized carbons (Fsp3) is 0.179. The summed E-state index contributed by atoms with van der Waals surface area (Å²) in [5.41, 5.74) is 8.37. The lowest BCUT2D eigenvalue weighted by Gasteiger charge is -2.22. The van der Waals surface area contributed by atoms with Gasteiger partial charge in [0.1, 0.15) is 11.5 Å². The minimum atomic E-state index is -0.611. The quantitative estimate of drug-likeness (QED) is 0.416. The van der Waals surface area contributed by atoms with Gasteiger partial charge >= 0.3 is 5.69 Å². The predicted octanol–water partition coefficient (Wildman–Crippen LogP) is 4.53. The molecule has 35 heavy (non-hydrogen) atoms. The summed E-state index contributed by atoms with van der Waals surface area (Å²) in [6.07, 6.45) is 0.577. The summed E-state index contributed by atoms with van der Waals surface area (Å²) in [5, 5.41) is 2.67. The molecule has 0 saturated heterocycles. The highest BCUT2D eigenvalue weighted by molar-refractivity contribution is 6.05. The van der Waals surface area contributed by atoms with Crippen molar-refractivity contribution in [2.24, 2.45) is 0 Å².